The van der Waals surface area contributed by atoms with E-state index in [1.807, 2.05) is 0 Å². The van der Waals surface area contributed by atoms with Gasteiger partial charge in [-0.15, -0.1) is 15.3 Å². The summed E-state index contributed by atoms with van der Waals surface area (Å²) in [5.74, 6) is -1.18. The SMILES string of the molecule is Cc1nnc(NC(=O)Cn2nnc(CCC(=O)O)c2C)s1. The van der Waals surface area contributed by atoms with E-state index in [1.54, 1.807) is 13.8 Å². The van der Waals surface area contributed by atoms with Crippen LogP contribution in [0, 0.1) is 13.8 Å². The molecule has 2 N–H and O–H groups in total. The van der Waals surface area contributed by atoms with E-state index in [9.17, 15) is 9.59 Å². The molecule has 21 heavy (non-hydrogen) atoms. The third-order valence-corrected chi connectivity index (χ3v) is 3.47. The molecule has 2 heterocycles. The smallest absolute Gasteiger partial charge is 0.303 e. The van der Waals surface area contributed by atoms with Gasteiger partial charge in [-0.2, -0.15) is 0 Å². The normalized spacial score (nSPS) is 10.6. The topological polar surface area (TPSA) is 123 Å². The van der Waals surface area contributed by atoms with Gasteiger partial charge in [0.2, 0.25) is 11.0 Å². The first-order chi connectivity index (χ1) is 9.95. The van der Waals surface area contributed by atoms with E-state index < -0.39 is 5.97 Å². The molecule has 2 aromatic rings. The van der Waals surface area contributed by atoms with Gasteiger partial charge in [-0.25, -0.2) is 4.68 Å². The molecule has 0 aromatic carbocycles. The van der Waals surface area contributed by atoms with Gasteiger partial charge in [-0.05, 0) is 13.8 Å². The van der Waals surface area contributed by atoms with Crippen molar-refractivity contribution in [3.63, 3.8) is 0 Å². The number of rotatable bonds is 6. The molecule has 0 saturated heterocycles. The first-order valence-corrected chi connectivity index (χ1v) is 6.98. The van der Waals surface area contributed by atoms with Crippen LogP contribution in [0.15, 0.2) is 0 Å². The average molecular weight is 310 g/mol. The van der Waals surface area contributed by atoms with Gasteiger partial charge in [0.05, 0.1) is 17.8 Å². The highest BCUT2D eigenvalue weighted by Crippen LogP contribution is 2.13. The molecule has 10 heteroatoms. The third-order valence-electron chi connectivity index (χ3n) is 2.72. The fourth-order valence-electron chi connectivity index (χ4n) is 1.64. The zero-order valence-corrected chi connectivity index (χ0v) is 12.3. The Labute approximate surface area is 124 Å². The molecule has 0 atom stereocenters. The molecule has 0 aliphatic rings. The van der Waals surface area contributed by atoms with E-state index in [0.29, 0.717) is 22.9 Å². The Hall–Kier alpha value is -2.36. The monoisotopic (exact) mass is 310 g/mol. The summed E-state index contributed by atoms with van der Waals surface area (Å²) in [7, 11) is 0. The van der Waals surface area contributed by atoms with Crippen molar-refractivity contribution in [1.29, 1.82) is 0 Å². The number of carboxylic acids is 1. The second-order valence-electron chi connectivity index (χ2n) is 4.35. The molecule has 0 bridgehead atoms. The van der Waals surface area contributed by atoms with E-state index in [-0.39, 0.29) is 18.9 Å². The summed E-state index contributed by atoms with van der Waals surface area (Å²) >= 11 is 1.28. The standard InChI is InChI=1S/C11H14N6O3S/c1-6-8(3-4-10(19)20)14-16-17(6)5-9(18)12-11-15-13-7(2)21-11/h3-5H2,1-2H3,(H,19,20)(H,12,15,18). The Morgan fingerprint density at radius 3 is 2.67 bits per heavy atom. The van der Waals surface area contributed by atoms with E-state index in [4.69, 9.17) is 5.11 Å². The maximum absolute atomic E-state index is 11.9. The highest BCUT2D eigenvalue weighted by molar-refractivity contribution is 7.15. The van der Waals surface area contributed by atoms with Crippen molar-refractivity contribution in [2.75, 3.05) is 5.32 Å². The van der Waals surface area contributed by atoms with Crippen molar-refractivity contribution >= 4 is 28.3 Å². The zero-order valence-electron chi connectivity index (χ0n) is 11.5. The number of aromatic nitrogens is 5. The zero-order chi connectivity index (χ0) is 15.4. The van der Waals surface area contributed by atoms with Gasteiger partial charge in [-0.1, -0.05) is 16.6 Å². The molecule has 0 aliphatic carbocycles. The number of carboxylic acid groups (broad SMARTS) is 1. The minimum absolute atomic E-state index is 0.00939. The minimum Gasteiger partial charge on any atom is -0.481 e. The van der Waals surface area contributed by atoms with Crippen LogP contribution in [0.5, 0.6) is 0 Å². The average Bonchev–Trinajstić information content (AvgIpc) is 2.95. The highest BCUT2D eigenvalue weighted by atomic mass is 32.1. The van der Waals surface area contributed by atoms with Crippen molar-refractivity contribution in [1.82, 2.24) is 25.2 Å². The van der Waals surface area contributed by atoms with Crippen LogP contribution in [0.3, 0.4) is 0 Å². The second-order valence-corrected chi connectivity index (χ2v) is 5.53. The van der Waals surface area contributed by atoms with Crippen LogP contribution in [0.4, 0.5) is 5.13 Å². The molecule has 0 unspecified atom stereocenters. The second kappa shape index (κ2) is 6.39. The fraction of sp³-hybridized carbons (Fsp3) is 0.455. The van der Waals surface area contributed by atoms with Crippen LogP contribution in [-0.4, -0.2) is 42.2 Å². The first kappa shape index (κ1) is 15.0. The lowest BCUT2D eigenvalue weighted by Crippen LogP contribution is -2.20. The maximum Gasteiger partial charge on any atom is 0.303 e. The van der Waals surface area contributed by atoms with Crippen molar-refractivity contribution in [3.05, 3.63) is 16.4 Å². The molecule has 0 saturated carbocycles. The summed E-state index contributed by atoms with van der Waals surface area (Å²) in [6.07, 6.45) is 0.272. The Bertz CT molecular complexity index is 665. The van der Waals surface area contributed by atoms with E-state index in [0.717, 1.165) is 5.01 Å². The molecule has 2 rings (SSSR count). The molecule has 0 radical (unpaired) electrons. The van der Waals surface area contributed by atoms with Gasteiger partial charge in [0.15, 0.2) is 0 Å². The van der Waals surface area contributed by atoms with Gasteiger partial charge < -0.3 is 5.11 Å². The number of nitrogens with zero attached hydrogens (tertiary/aromatic N) is 5. The van der Waals surface area contributed by atoms with Gasteiger partial charge >= 0.3 is 5.97 Å². The largest absolute Gasteiger partial charge is 0.481 e. The van der Waals surface area contributed by atoms with Gasteiger partial charge in [0.25, 0.3) is 0 Å². The minimum atomic E-state index is -0.895. The summed E-state index contributed by atoms with van der Waals surface area (Å²) < 4.78 is 1.43. The molecule has 9 nitrogen and oxygen atoms in total. The van der Waals surface area contributed by atoms with Crippen LogP contribution >= 0.6 is 11.3 Å². The Morgan fingerprint density at radius 1 is 1.29 bits per heavy atom. The third kappa shape index (κ3) is 4.05. The van der Waals surface area contributed by atoms with Crippen LogP contribution < -0.4 is 5.32 Å². The number of nitrogens with one attached hydrogen (secondary N) is 1. The summed E-state index contributed by atoms with van der Waals surface area (Å²) in [6, 6.07) is 0. The molecule has 0 fully saturated rings. The summed E-state index contributed by atoms with van der Waals surface area (Å²) in [5.41, 5.74) is 1.26. The summed E-state index contributed by atoms with van der Waals surface area (Å²) in [6.45, 7) is 3.54. The van der Waals surface area contributed by atoms with Crippen molar-refractivity contribution in [3.8, 4) is 0 Å². The lowest BCUT2D eigenvalue weighted by atomic mass is 10.2. The number of aryl methyl sites for hydroxylation is 2. The van der Waals surface area contributed by atoms with Crippen molar-refractivity contribution < 1.29 is 14.7 Å². The number of hydrogen-bond donors (Lipinski definition) is 2. The van der Waals surface area contributed by atoms with Gasteiger partial charge in [0, 0.05) is 6.42 Å². The molecular weight excluding hydrogens is 296 g/mol. The van der Waals surface area contributed by atoms with Gasteiger partial charge in [-0.3, -0.25) is 14.9 Å². The summed E-state index contributed by atoms with van der Waals surface area (Å²) in [4.78, 5) is 22.4. The molecule has 1 amide bonds. The molecule has 0 aliphatic heterocycles. The number of carbonyl (C=O) groups is 2. The maximum atomic E-state index is 11.9. The highest BCUT2D eigenvalue weighted by Gasteiger charge is 2.13. The lowest BCUT2D eigenvalue weighted by Gasteiger charge is -2.03. The molecular formula is C11H14N6O3S. The number of amides is 1. The van der Waals surface area contributed by atoms with Crippen LogP contribution in [0.2, 0.25) is 0 Å². The number of hydrogen-bond acceptors (Lipinski definition) is 7. The van der Waals surface area contributed by atoms with Crippen LogP contribution in [0.1, 0.15) is 22.8 Å². The van der Waals surface area contributed by atoms with E-state index in [2.05, 4.69) is 25.8 Å². The van der Waals surface area contributed by atoms with Gasteiger partial charge in [0.1, 0.15) is 11.6 Å². The van der Waals surface area contributed by atoms with Crippen LogP contribution in [0.25, 0.3) is 0 Å². The Balaban J connectivity index is 1.96. The summed E-state index contributed by atoms with van der Waals surface area (Å²) in [5, 5.41) is 27.8. The van der Waals surface area contributed by atoms with Crippen molar-refractivity contribution in [2.24, 2.45) is 0 Å². The Kier molecular flexibility index (Phi) is 4.58. The predicted octanol–water partition coefficient (Wildman–Crippen LogP) is 0.402. The molecule has 2 aromatic heterocycles. The van der Waals surface area contributed by atoms with Crippen LogP contribution in [-0.2, 0) is 22.6 Å². The Morgan fingerprint density at radius 2 is 2.05 bits per heavy atom. The van der Waals surface area contributed by atoms with E-state index >= 15 is 0 Å². The molecule has 112 valence electrons. The predicted molar refractivity (Wildman–Crippen MR) is 74.0 cm³/mol. The lowest BCUT2D eigenvalue weighted by molar-refractivity contribution is -0.137. The number of aliphatic carboxylic acids is 1. The number of carbonyl (C=O) groups excluding carboxylic acids is 1. The number of anilines is 1. The van der Waals surface area contributed by atoms with Crippen molar-refractivity contribution in [2.45, 2.75) is 33.2 Å². The fourth-order valence-corrected chi connectivity index (χ4v) is 2.25. The molecule has 0 spiro atoms. The quantitative estimate of drug-likeness (QED) is 0.791. The first-order valence-electron chi connectivity index (χ1n) is 6.16. The van der Waals surface area contributed by atoms with E-state index in [1.165, 1.54) is 16.0 Å².